The number of benzene rings is 1. The zero-order valence-corrected chi connectivity index (χ0v) is 13.0. The number of piperidine rings is 1. The van der Waals surface area contributed by atoms with Crippen LogP contribution in [0.1, 0.15) is 18.4 Å². The number of halogens is 4. The second kappa shape index (κ2) is 6.25. The Bertz CT molecular complexity index is 533. The predicted octanol–water partition coefficient (Wildman–Crippen LogP) is 3.86. The average molecular weight is 366 g/mol. The van der Waals surface area contributed by atoms with E-state index < -0.39 is 11.7 Å². The summed E-state index contributed by atoms with van der Waals surface area (Å²) in [5.41, 5.74) is -0.582. The molecule has 1 unspecified atom stereocenters. The lowest BCUT2D eigenvalue weighted by atomic mass is 9.97. The smallest absolute Gasteiger partial charge is 0.418 e. The molecule has 1 fully saturated rings. The lowest BCUT2D eigenvalue weighted by Gasteiger charge is -2.34. The molecule has 0 spiro atoms. The molecule has 1 saturated heterocycles. The van der Waals surface area contributed by atoms with Crippen molar-refractivity contribution >= 4 is 27.6 Å². The Kier molecular flexibility index (Phi) is 4.81. The zero-order valence-electron chi connectivity index (χ0n) is 11.4. The molecule has 1 aliphatic heterocycles. The Balaban J connectivity index is 2.31. The number of esters is 1. The molecule has 0 amide bonds. The van der Waals surface area contributed by atoms with Gasteiger partial charge in [0.05, 0.1) is 18.6 Å². The summed E-state index contributed by atoms with van der Waals surface area (Å²) in [6.45, 7) is 0.746. The fourth-order valence-corrected chi connectivity index (χ4v) is 2.93. The van der Waals surface area contributed by atoms with Gasteiger partial charge in [0.15, 0.2) is 0 Å². The maximum Gasteiger partial charge on any atom is 0.418 e. The van der Waals surface area contributed by atoms with Gasteiger partial charge in [-0.25, -0.2) is 0 Å². The molecule has 21 heavy (non-hydrogen) atoms. The molecule has 0 radical (unpaired) electrons. The standard InChI is InChI=1S/C14H15BrF3NO2/c1-21-13(20)9-3-2-6-19(8-9)12-5-4-10(15)7-11(12)14(16,17)18/h4-5,7,9H,2-3,6,8H2,1H3. The summed E-state index contributed by atoms with van der Waals surface area (Å²) in [6.07, 6.45) is -3.13. The molecule has 3 nitrogen and oxygen atoms in total. The van der Waals surface area contributed by atoms with Crippen molar-refractivity contribution in [1.29, 1.82) is 0 Å². The van der Waals surface area contributed by atoms with E-state index in [1.54, 1.807) is 11.0 Å². The Hall–Kier alpha value is -1.24. The Morgan fingerprint density at radius 1 is 1.43 bits per heavy atom. The Morgan fingerprint density at radius 2 is 2.14 bits per heavy atom. The highest BCUT2D eigenvalue weighted by molar-refractivity contribution is 9.10. The van der Waals surface area contributed by atoms with E-state index in [1.807, 2.05) is 0 Å². The molecule has 1 aromatic carbocycles. The third-order valence-corrected chi connectivity index (χ3v) is 4.05. The van der Waals surface area contributed by atoms with Crippen molar-refractivity contribution in [1.82, 2.24) is 0 Å². The van der Waals surface area contributed by atoms with Crippen molar-refractivity contribution in [2.75, 3.05) is 25.1 Å². The van der Waals surface area contributed by atoms with Gasteiger partial charge in [0, 0.05) is 23.2 Å². The summed E-state index contributed by atoms with van der Waals surface area (Å²) in [6, 6.07) is 4.08. The molecule has 1 atom stereocenters. The minimum atomic E-state index is -4.43. The van der Waals surface area contributed by atoms with Gasteiger partial charge >= 0.3 is 12.1 Å². The topological polar surface area (TPSA) is 29.5 Å². The van der Waals surface area contributed by atoms with Crippen molar-refractivity contribution < 1.29 is 22.7 Å². The van der Waals surface area contributed by atoms with Gasteiger partial charge in [0.25, 0.3) is 0 Å². The molecule has 1 aromatic rings. The summed E-state index contributed by atoms with van der Waals surface area (Å²) >= 11 is 3.07. The zero-order chi connectivity index (χ0) is 15.6. The lowest BCUT2D eigenvalue weighted by molar-refractivity contribution is -0.145. The quantitative estimate of drug-likeness (QED) is 0.745. The van der Waals surface area contributed by atoms with Gasteiger partial charge in [-0.05, 0) is 31.0 Å². The second-order valence-electron chi connectivity index (χ2n) is 4.97. The molecule has 1 aliphatic rings. The molecule has 0 aromatic heterocycles. The minimum absolute atomic E-state index is 0.110. The van der Waals surface area contributed by atoms with Crippen molar-refractivity contribution in [3.8, 4) is 0 Å². The van der Waals surface area contributed by atoms with E-state index in [2.05, 4.69) is 15.9 Å². The van der Waals surface area contributed by atoms with E-state index >= 15 is 0 Å². The van der Waals surface area contributed by atoms with Crippen LogP contribution in [0.3, 0.4) is 0 Å². The third-order valence-electron chi connectivity index (χ3n) is 3.56. The molecule has 1 heterocycles. The molecule has 0 aliphatic carbocycles. The number of hydrogen-bond donors (Lipinski definition) is 0. The number of methoxy groups -OCH3 is 1. The van der Waals surface area contributed by atoms with E-state index in [4.69, 9.17) is 4.74 Å². The fourth-order valence-electron chi connectivity index (χ4n) is 2.57. The monoisotopic (exact) mass is 365 g/mol. The van der Waals surface area contributed by atoms with Gasteiger partial charge in [-0.15, -0.1) is 0 Å². The molecule has 0 bridgehead atoms. The Morgan fingerprint density at radius 3 is 2.76 bits per heavy atom. The van der Waals surface area contributed by atoms with E-state index in [0.717, 1.165) is 6.07 Å². The highest BCUT2D eigenvalue weighted by Crippen LogP contribution is 2.39. The average Bonchev–Trinajstić information content (AvgIpc) is 2.45. The molecule has 7 heteroatoms. The second-order valence-corrected chi connectivity index (χ2v) is 5.88. The first-order valence-corrected chi connectivity index (χ1v) is 7.31. The van der Waals surface area contributed by atoms with Crippen LogP contribution in [0.2, 0.25) is 0 Å². The SMILES string of the molecule is COC(=O)C1CCCN(c2ccc(Br)cc2C(F)(F)F)C1. The van der Waals surface area contributed by atoms with Gasteiger partial charge in [0.2, 0.25) is 0 Å². The third kappa shape index (κ3) is 3.70. The van der Waals surface area contributed by atoms with Crippen molar-refractivity contribution in [2.45, 2.75) is 19.0 Å². The lowest BCUT2D eigenvalue weighted by Crippen LogP contribution is -2.40. The number of carbonyl (C=O) groups is 1. The number of carbonyl (C=O) groups excluding carboxylic acids is 1. The van der Waals surface area contributed by atoms with Crippen molar-refractivity contribution in [2.24, 2.45) is 5.92 Å². The highest BCUT2D eigenvalue weighted by atomic mass is 79.9. The molecular weight excluding hydrogens is 351 g/mol. The van der Waals surface area contributed by atoms with Crippen LogP contribution in [-0.4, -0.2) is 26.2 Å². The molecule has 0 N–H and O–H groups in total. The van der Waals surface area contributed by atoms with Crippen LogP contribution in [0.4, 0.5) is 18.9 Å². The fraction of sp³-hybridized carbons (Fsp3) is 0.500. The van der Waals surface area contributed by atoms with E-state index in [0.29, 0.717) is 23.9 Å². The van der Waals surface area contributed by atoms with Crippen LogP contribution in [0.5, 0.6) is 0 Å². The summed E-state index contributed by atoms with van der Waals surface area (Å²) in [5.74, 6) is -0.751. The summed E-state index contributed by atoms with van der Waals surface area (Å²) < 4.78 is 44.6. The number of nitrogens with zero attached hydrogens (tertiary/aromatic N) is 1. The van der Waals surface area contributed by atoms with E-state index in [-0.39, 0.29) is 24.1 Å². The number of hydrogen-bond acceptors (Lipinski definition) is 3. The van der Waals surface area contributed by atoms with Crippen LogP contribution in [-0.2, 0) is 15.7 Å². The van der Waals surface area contributed by atoms with Crippen LogP contribution >= 0.6 is 15.9 Å². The summed E-state index contributed by atoms with van der Waals surface area (Å²) in [5, 5.41) is 0. The van der Waals surface area contributed by atoms with Crippen molar-refractivity contribution in [3.05, 3.63) is 28.2 Å². The van der Waals surface area contributed by atoms with Crippen LogP contribution in [0, 0.1) is 5.92 Å². The van der Waals surface area contributed by atoms with Gasteiger partial charge < -0.3 is 9.64 Å². The number of anilines is 1. The van der Waals surface area contributed by atoms with Gasteiger partial charge in [-0.3, -0.25) is 4.79 Å². The normalized spacial score (nSPS) is 19.5. The van der Waals surface area contributed by atoms with E-state index in [1.165, 1.54) is 13.2 Å². The van der Waals surface area contributed by atoms with Gasteiger partial charge in [-0.1, -0.05) is 15.9 Å². The van der Waals surface area contributed by atoms with Gasteiger partial charge in [-0.2, -0.15) is 13.2 Å². The van der Waals surface area contributed by atoms with Crippen LogP contribution in [0.25, 0.3) is 0 Å². The molecular formula is C14H15BrF3NO2. The first kappa shape index (κ1) is 16.1. The van der Waals surface area contributed by atoms with Crippen LogP contribution in [0.15, 0.2) is 22.7 Å². The number of ether oxygens (including phenoxy) is 1. The summed E-state index contributed by atoms with van der Waals surface area (Å²) in [4.78, 5) is 13.2. The summed E-state index contributed by atoms with van der Waals surface area (Å²) in [7, 11) is 1.29. The first-order valence-electron chi connectivity index (χ1n) is 6.52. The van der Waals surface area contributed by atoms with Gasteiger partial charge in [0.1, 0.15) is 0 Å². The molecule has 116 valence electrons. The Labute approximate surface area is 129 Å². The van der Waals surface area contributed by atoms with Crippen LogP contribution < -0.4 is 4.90 Å². The minimum Gasteiger partial charge on any atom is -0.469 e. The van der Waals surface area contributed by atoms with Crippen molar-refractivity contribution in [3.63, 3.8) is 0 Å². The number of rotatable bonds is 2. The predicted molar refractivity (Wildman–Crippen MR) is 76.1 cm³/mol. The first-order chi connectivity index (χ1) is 9.82. The molecule has 2 rings (SSSR count). The highest BCUT2D eigenvalue weighted by Gasteiger charge is 2.36. The largest absolute Gasteiger partial charge is 0.469 e. The number of alkyl halides is 3. The van der Waals surface area contributed by atoms with E-state index in [9.17, 15) is 18.0 Å². The maximum atomic E-state index is 13.2. The molecule has 0 saturated carbocycles. The maximum absolute atomic E-state index is 13.2.